The van der Waals surface area contributed by atoms with Crippen LogP contribution in [0.3, 0.4) is 0 Å². The first-order valence-corrected chi connectivity index (χ1v) is 7.04. The van der Waals surface area contributed by atoms with Crippen molar-refractivity contribution in [2.45, 2.75) is 6.92 Å². The van der Waals surface area contributed by atoms with Crippen LogP contribution < -0.4 is 5.73 Å². The van der Waals surface area contributed by atoms with Gasteiger partial charge in [0, 0.05) is 11.1 Å². The Balaban J connectivity index is 2.38. The van der Waals surface area contributed by atoms with Crippen LogP contribution in [0.4, 0.5) is 10.3 Å². The molecule has 0 bridgehead atoms. The van der Waals surface area contributed by atoms with Crippen molar-refractivity contribution in [3.63, 3.8) is 0 Å². The van der Waals surface area contributed by atoms with Crippen molar-refractivity contribution in [1.29, 1.82) is 0 Å². The highest BCUT2D eigenvalue weighted by Gasteiger charge is 2.14. The smallest absolute Gasteiger partial charge is 0.205 e. The Morgan fingerprint density at radius 2 is 2.05 bits per heavy atom. The van der Waals surface area contributed by atoms with Gasteiger partial charge in [-0.3, -0.25) is 4.57 Å². The number of anilines is 1. The minimum absolute atomic E-state index is 0.294. The van der Waals surface area contributed by atoms with Crippen molar-refractivity contribution in [1.82, 2.24) is 9.55 Å². The maximum absolute atomic E-state index is 13.6. The number of hydrogen-bond donors (Lipinski definition) is 1. The predicted molar refractivity (Wildman–Crippen MR) is 82.9 cm³/mol. The van der Waals surface area contributed by atoms with Gasteiger partial charge in [-0.1, -0.05) is 17.7 Å². The van der Waals surface area contributed by atoms with Crippen LogP contribution in [0.25, 0.3) is 16.7 Å². The molecule has 1 aromatic heterocycles. The van der Waals surface area contributed by atoms with Crippen molar-refractivity contribution >= 4 is 44.5 Å². The van der Waals surface area contributed by atoms with Crippen LogP contribution in [0.2, 0.25) is 5.02 Å². The number of halogens is 3. The number of aryl methyl sites for hydroxylation is 1. The molecule has 6 heteroatoms. The predicted octanol–water partition coefficient (Wildman–Crippen LogP) is 4.47. The van der Waals surface area contributed by atoms with Crippen LogP contribution in [0.1, 0.15) is 5.56 Å². The molecule has 0 fully saturated rings. The van der Waals surface area contributed by atoms with Crippen LogP contribution >= 0.6 is 27.5 Å². The maximum Gasteiger partial charge on any atom is 0.205 e. The van der Waals surface area contributed by atoms with E-state index in [0.717, 1.165) is 16.8 Å². The summed E-state index contributed by atoms with van der Waals surface area (Å²) in [4.78, 5) is 4.20. The number of rotatable bonds is 1. The van der Waals surface area contributed by atoms with Gasteiger partial charge in [-0.15, -0.1) is 0 Å². The lowest BCUT2D eigenvalue weighted by molar-refractivity contribution is 0.623. The number of hydrogen-bond acceptors (Lipinski definition) is 2. The third-order valence-electron chi connectivity index (χ3n) is 3.13. The first kappa shape index (κ1) is 13.4. The molecule has 0 aliphatic heterocycles. The van der Waals surface area contributed by atoms with Crippen LogP contribution in [0.15, 0.2) is 34.8 Å². The molecule has 3 nitrogen and oxygen atoms in total. The van der Waals surface area contributed by atoms with Gasteiger partial charge in [-0.2, -0.15) is 0 Å². The highest BCUT2D eigenvalue weighted by molar-refractivity contribution is 9.10. The van der Waals surface area contributed by atoms with Gasteiger partial charge >= 0.3 is 0 Å². The lowest BCUT2D eigenvalue weighted by Gasteiger charge is -2.10. The van der Waals surface area contributed by atoms with Gasteiger partial charge in [-0.25, -0.2) is 9.37 Å². The topological polar surface area (TPSA) is 43.8 Å². The number of nitrogens with zero attached hydrogens (tertiary/aromatic N) is 2. The Morgan fingerprint density at radius 3 is 2.80 bits per heavy atom. The van der Waals surface area contributed by atoms with Crippen molar-refractivity contribution in [3.05, 3.63) is 51.2 Å². The molecule has 0 amide bonds. The zero-order valence-electron chi connectivity index (χ0n) is 10.5. The SMILES string of the molecule is Cc1ccc(Cl)cc1-n1c(N)nc2cc(F)c(Br)cc21. The van der Waals surface area contributed by atoms with Crippen molar-refractivity contribution in [3.8, 4) is 5.69 Å². The summed E-state index contributed by atoms with van der Waals surface area (Å²) in [5.74, 6) is -0.0761. The normalized spacial score (nSPS) is 11.2. The second kappa shape index (κ2) is 4.75. The molecule has 0 saturated carbocycles. The summed E-state index contributed by atoms with van der Waals surface area (Å²) in [5, 5.41) is 0.605. The first-order valence-electron chi connectivity index (χ1n) is 5.87. The third-order valence-corrected chi connectivity index (χ3v) is 3.98. The fourth-order valence-corrected chi connectivity index (χ4v) is 2.67. The summed E-state index contributed by atoms with van der Waals surface area (Å²) in [7, 11) is 0. The number of aromatic nitrogens is 2. The molecule has 0 saturated heterocycles. The Morgan fingerprint density at radius 1 is 1.30 bits per heavy atom. The number of nitrogens with two attached hydrogens (primary N) is 1. The van der Waals surface area contributed by atoms with Gasteiger partial charge < -0.3 is 5.73 Å². The van der Waals surface area contributed by atoms with Crippen molar-refractivity contribution in [2.24, 2.45) is 0 Å². The lowest BCUT2D eigenvalue weighted by Crippen LogP contribution is -2.02. The van der Waals surface area contributed by atoms with Gasteiger partial charge in [0.2, 0.25) is 5.95 Å². The van der Waals surface area contributed by atoms with E-state index in [-0.39, 0.29) is 5.82 Å². The van der Waals surface area contributed by atoms with Crippen molar-refractivity contribution < 1.29 is 4.39 Å². The quantitative estimate of drug-likeness (QED) is 0.700. The third kappa shape index (κ3) is 2.07. The van der Waals surface area contributed by atoms with E-state index in [4.69, 9.17) is 17.3 Å². The Hall–Kier alpha value is -1.59. The van der Waals surface area contributed by atoms with E-state index in [2.05, 4.69) is 20.9 Å². The van der Waals surface area contributed by atoms with E-state index in [1.807, 2.05) is 25.1 Å². The summed E-state index contributed by atoms with van der Waals surface area (Å²) in [6, 6.07) is 8.54. The molecular formula is C14H10BrClFN3. The fourth-order valence-electron chi connectivity index (χ4n) is 2.17. The lowest BCUT2D eigenvalue weighted by atomic mass is 10.2. The van der Waals surface area contributed by atoms with Gasteiger partial charge in [0.15, 0.2) is 0 Å². The molecule has 0 spiro atoms. The molecule has 20 heavy (non-hydrogen) atoms. The van der Waals surface area contributed by atoms with Gasteiger partial charge in [-0.05, 0) is 46.6 Å². The van der Waals surface area contributed by atoms with E-state index < -0.39 is 0 Å². The fraction of sp³-hybridized carbons (Fsp3) is 0.0714. The molecule has 3 aromatic rings. The van der Waals surface area contributed by atoms with E-state index >= 15 is 0 Å². The largest absolute Gasteiger partial charge is 0.369 e. The van der Waals surface area contributed by atoms with Crippen molar-refractivity contribution in [2.75, 3.05) is 5.73 Å². The van der Waals surface area contributed by atoms with Crippen LogP contribution in [0.5, 0.6) is 0 Å². The van der Waals surface area contributed by atoms with Gasteiger partial charge in [0.25, 0.3) is 0 Å². The van der Waals surface area contributed by atoms with Gasteiger partial charge in [0.1, 0.15) is 5.82 Å². The number of fused-ring (bicyclic) bond motifs is 1. The molecule has 0 aliphatic carbocycles. The van der Waals surface area contributed by atoms with Crippen LogP contribution in [0, 0.1) is 12.7 Å². The minimum Gasteiger partial charge on any atom is -0.369 e. The summed E-state index contributed by atoms with van der Waals surface area (Å²) in [5.41, 5.74) is 9.03. The molecular weight excluding hydrogens is 345 g/mol. The van der Waals surface area contributed by atoms with Crippen LogP contribution in [-0.4, -0.2) is 9.55 Å². The molecule has 102 valence electrons. The average Bonchev–Trinajstić information content (AvgIpc) is 2.69. The van der Waals surface area contributed by atoms with E-state index in [1.54, 1.807) is 10.6 Å². The highest BCUT2D eigenvalue weighted by Crippen LogP contribution is 2.30. The molecule has 3 rings (SSSR count). The summed E-state index contributed by atoms with van der Waals surface area (Å²) >= 11 is 9.23. The highest BCUT2D eigenvalue weighted by atomic mass is 79.9. The number of benzene rings is 2. The summed E-state index contributed by atoms with van der Waals surface area (Å²) in [6.07, 6.45) is 0. The zero-order valence-corrected chi connectivity index (χ0v) is 12.8. The molecule has 0 unspecified atom stereocenters. The van der Waals surface area contributed by atoms with Gasteiger partial charge in [0.05, 0.1) is 21.2 Å². The second-order valence-corrected chi connectivity index (χ2v) is 5.78. The monoisotopic (exact) mass is 353 g/mol. The van der Waals surface area contributed by atoms with E-state index in [1.165, 1.54) is 6.07 Å². The molecule has 0 radical (unpaired) electrons. The van der Waals surface area contributed by atoms with E-state index in [9.17, 15) is 4.39 Å². The molecule has 2 aromatic carbocycles. The zero-order chi connectivity index (χ0) is 14.4. The Bertz CT molecular complexity index is 829. The minimum atomic E-state index is -0.370. The van der Waals surface area contributed by atoms with E-state index in [0.29, 0.717) is 21.0 Å². The second-order valence-electron chi connectivity index (χ2n) is 4.49. The average molecular weight is 355 g/mol. The molecule has 0 atom stereocenters. The molecule has 0 aliphatic rings. The summed E-state index contributed by atoms with van der Waals surface area (Å²) in [6.45, 7) is 1.95. The molecule has 1 heterocycles. The standard InChI is InChI=1S/C14H10BrClFN3/c1-7-2-3-8(16)4-12(7)20-13-5-9(15)10(17)6-11(13)19-14(20)18/h2-6H,1H3,(H2,18,19). The maximum atomic E-state index is 13.6. The Kier molecular flexibility index (Phi) is 3.18. The summed E-state index contributed by atoms with van der Waals surface area (Å²) < 4.78 is 15.7. The first-order chi connectivity index (χ1) is 9.47. The number of nitrogen functional groups attached to an aromatic ring is 1. The Labute approximate surface area is 128 Å². The number of imidazole rings is 1. The molecule has 2 N–H and O–H groups in total. The van der Waals surface area contributed by atoms with Crippen LogP contribution in [-0.2, 0) is 0 Å².